The molecule has 0 unspecified atom stereocenters. The fourth-order valence-electron chi connectivity index (χ4n) is 4.15. The van der Waals surface area contributed by atoms with Crippen LogP contribution in [0, 0.1) is 16.2 Å². The molecule has 0 aromatic rings. The molecule has 3 atom stereocenters. The lowest BCUT2D eigenvalue weighted by molar-refractivity contribution is -0.163. The summed E-state index contributed by atoms with van der Waals surface area (Å²) < 4.78 is 0.227. The van der Waals surface area contributed by atoms with Gasteiger partial charge >= 0.3 is 0 Å². The number of nitrogens with one attached hydrogen (secondary N) is 1. The van der Waals surface area contributed by atoms with Crippen LogP contribution in [0.4, 0.5) is 0 Å². The summed E-state index contributed by atoms with van der Waals surface area (Å²) in [5.41, 5.74) is -0.402. The molecule has 2 nitrogen and oxygen atoms in total. The van der Waals surface area contributed by atoms with Crippen molar-refractivity contribution in [3.8, 4) is 0 Å². The first kappa shape index (κ1) is 16.3. The SMILES string of the molecule is CC(C)(C)NC(=O)[C@@]12CC[C@@](C(Br)Br)([C@@H]1Br)C2(C)C. The van der Waals surface area contributed by atoms with Gasteiger partial charge in [-0.15, -0.1) is 0 Å². The fraction of sp³-hybridized carbons (Fsp3) is 0.929. The van der Waals surface area contributed by atoms with E-state index in [1.807, 2.05) is 20.8 Å². The zero-order valence-electron chi connectivity index (χ0n) is 12.1. The van der Waals surface area contributed by atoms with Gasteiger partial charge in [0.25, 0.3) is 0 Å². The normalized spacial score (nSPS) is 40.2. The minimum Gasteiger partial charge on any atom is -0.351 e. The van der Waals surface area contributed by atoms with Crippen LogP contribution in [0.3, 0.4) is 0 Å². The second kappa shape index (κ2) is 4.45. The molecule has 3 aliphatic rings. The Balaban J connectivity index is 2.36. The summed E-state index contributed by atoms with van der Waals surface area (Å²) in [5, 5.41) is 3.18. The average Bonchev–Trinajstić information content (AvgIpc) is 2.64. The van der Waals surface area contributed by atoms with Gasteiger partial charge in [-0.3, -0.25) is 4.79 Å². The molecule has 0 aromatic heterocycles. The maximum Gasteiger partial charge on any atom is 0.228 e. The lowest BCUT2D eigenvalue weighted by Crippen LogP contribution is -2.72. The third-order valence-electron chi connectivity index (χ3n) is 5.38. The van der Waals surface area contributed by atoms with Crippen molar-refractivity contribution in [3.63, 3.8) is 0 Å². The van der Waals surface area contributed by atoms with E-state index in [4.69, 9.17) is 0 Å². The van der Waals surface area contributed by atoms with Crippen molar-refractivity contribution in [1.82, 2.24) is 5.32 Å². The maximum absolute atomic E-state index is 12.8. The Bertz CT molecular complexity index is 415. The van der Waals surface area contributed by atoms with Gasteiger partial charge in [0.2, 0.25) is 5.91 Å². The van der Waals surface area contributed by atoms with Crippen molar-refractivity contribution in [2.24, 2.45) is 16.2 Å². The van der Waals surface area contributed by atoms with Gasteiger partial charge in [-0.05, 0) is 39.0 Å². The van der Waals surface area contributed by atoms with E-state index < -0.39 is 0 Å². The monoisotopic (exact) mass is 457 g/mol. The van der Waals surface area contributed by atoms with Gasteiger partial charge in [0.05, 0.1) is 9.15 Å². The van der Waals surface area contributed by atoms with Crippen LogP contribution < -0.4 is 5.32 Å². The average molecular weight is 460 g/mol. The fourth-order valence-corrected chi connectivity index (χ4v) is 9.07. The van der Waals surface area contributed by atoms with Gasteiger partial charge in [0.15, 0.2) is 0 Å². The first-order chi connectivity index (χ1) is 8.43. The van der Waals surface area contributed by atoms with E-state index in [1.54, 1.807) is 0 Å². The Morgan fingerprint density at radius 2 is 1.79 bits per heavy atom. The molecule has 2 bridgehead atoms. The zero-order valence-corrected chi connectivity index (χ0v) is 16.9. The summed E-state index contributed by atoms with van der Waals surface area (Å²) in [6.07, 6.45) is 2.01. The molecule has 3 aliphatic carbocycles. The van der Waals surface area contributed by atoms with Gasteiger partial charge < -0.3 is 5.32 Å². The number of halogens is 3. The van der Waals surface area contributed by atoms with Crippen LogP contribution in [0.2, 0.25) is 0 Å². The molecule has 0 heterocycles. The Hall–Kier alpha value is 0.910. The molecular weight excluding hydrogens is 438 g/mol. The molecule has 0 spiro atoms. The predicted octanol–water partition coefficient (Wildman–Crippen LogP) is 4.59. The van der Waals surface area contributed by atoms with E-state index in [0.717, 1.165) is 12.8 Å². The van der Waals surface area contributed by atoms with Crippen LogP contribution in [0.1, 0.15) is 47.5 Å². The van der Waals surface area contributed by atoms with E-state index in [-0.39, 0.29) is 36.3 Å². The minimum atomic E-state index is -0.292. The largest absolute Gasteiger partial charge is 0.351 e. The number of hydrogen-bond acceptors (Lipinski definition) is 1. The highest BCUT2D eigenvalue weighted by molar-refractivity contribution is 9.24. The lowest BCUT2D eigenvalue weighted by atomic mass is 9.43. The van der Waals surface area contributed by atoms with Crippen LogP contribution in [-0.4, -0.2) is 20.0 Å². The van der Waals surface area contributed by atoms with Crippen LogP contribution >= 0.6 is 47.8 Å². The molecule has 3 rings (SSSR count). The Labute approximate surface area is 141 Å². The highest BCUT2D eigenvalue weighted by Gasteiger charge is 2.83. The number of alkyl halides is 3. The molecule has 110 valence electrons. The molecule has 0 aliphatic heterocycles. The van der Waals surface area contributed by atoms with Gasteiger partial charge in [-0.1, -0.05) is 61.6 Å². The van der Waals surface area contributed by atoms with Crippen LogP contribution in [0.15, 0.2) is 0 Å². The van der Waals surface area contributed by atoms with Gasteiger partial charge in [-0.2, -0.15) is 0 Å². The molecule has 0 saturated heterocycles. The van der Waals surface area contributed by atoms with Gasteiger partial charge in [0.1, 0.15) is 0 Å². The zero-order chi connectivity index (χ0) is 14.9. The van der Waals surface area contributed by atoms with E-state index in [9.17, 15) is 4.79 Å². The molecule has 0 aromatic carbocycles. The molecule has 3 fully saturated rings. The number of carbonyl (C=O) groups is 1. The second-order valence-corrected chi connectivity index (χ2v) is 11.5. The summed E-state index contributed by atoms with van der Waals surface area (Å²) in [6, 6.07) is 0. The molecule has 1 N–H and O–H groups in total. The Morgan fingerprint density at radius 3 is 2.11 bits per heavy atom. The minimum absolute atomic E-state index is 0.0266. The van der Waals surface area contributed by atoms with E-state index in [0.29, 0.717) is 0 Å². The van der Waals surface area contributed by atoms with E-state index in [2.05, 4.69) is 67.0 Å². The third kappa shape index (κ3) is 1.79. The molecule has 0 radical (unpaired) electrons. The summed E-state index contributed by atoms with van der Waals surface area (Å²) in [7, 11) is 0. The van der Waals surface area contributed by atoms with Crippen molar-refractivity contribution in [2.75, 3.05) is 0 Å². The van der Waals surface area contributed by atoms with Crippen LogP contribution in [0.25, 0.3) is 0 Å². The molecule has 5 heteroatoms. The van der Waals surface area contributed by atoms with E-state index >= 15 is 0 Å². The number of fused-ring (bicyclic) bond motifs is 1. The highest BCUT2D eigenvalue weighted by Crippen LogP contribution is 2.82. The predicted molar refractivity (Wildman–Crippen MR) is 90.1 cm³/mol. The molecular formula is C14H22Br3NO. The standard InChI is InChI=1S/C14H22Br3NO/c1-11(2,3)18-10(19)14-7-6-13(8(14)15,9(16)17)12(14,4)5/h8-9H,6-7H2,1-5H3,(H,18,19)/t8-,13-,14+/m0/s1. The highest BCUT2D eigenvalue weighted by atomic mass is 79.9. The van der Waals surface area contributed by atoms with Crippen molar-refractivity contribution in [2.45, 2.75) is 61.6 Å². The quantitative estimate of drug-likeness (QED) is 0.601. The number of hydrogen-bond donors (Lipinski definition) is 1. The van der Waals surface area contributed by atoms with Crippen LogP contribution in [0.5, 0.6) is 0 Å². The maximum atomic E-state index is 12.8. The number of amides is 1. The summed E-state index contributed by atoms with van der Waals surface area (Å²) in [5.74, 6) is 0.195. The van der Waals surface area contributed by atoms with Crippen molar-refractivity contribution >= 4 is 53.7 Å². The second-order valence-electron chi connectivity index (χ2n) is 7.50. The van der Waals surface area contributed by atoms with Crippen molar-refractivity contribution in [1.29, 1.82) is 0 Å². The van der Waals surface area contributed by atoms with E-state index in [1.165, 1.54) is 0 Å². The Kier molecular flexibility index (Phi) is 3.82. The lowest BCUT2D eigenvalue weighted by Gasteiger charge is -2.66. The first-order valence-electron chi connectivity index (χ1n) is 6.68. The smallest absolute Gasteiger partial charge is 0.228 e. The summed E-state index contributed by atoms with van der Waals surface area (Å²) >= 11 is 11.2. The van der Waals surface area contributed by atoms with Crippen molar-refractivity contribution in [3.05, 3.63) is 0 Å². The van der Waals surface area contributed by atoms with Gasteiger partial charge in [0, 0.05) is 15.8 Å². The van der Waals surface area contributed by atoms with Crippen LogP contribution in [-0.2, 0) is 4.79 Å². The molecule has 19 heavy (non-hydrogen) atoms. The summed E-state index contributed by atoms with van der Waals surface area (Å²) in [6.45, 7) is 10.6. The summed E-state index contributed by atoms with van der Waals surface area (Å²) in [4.78, 5) is 13.1. The molecule has 1 amide bonds. The van der Waals surface area contributed by atoms with Gasteiger partial charge in [-0.25, -0.2) is 0 Å². The third-order valence-corrected chi connectivity index (χ3v) is 8.61. The first-order valence-corrected chi connectivity index (χ1v) is 9.43. The number of carbonyl (C=O) groups excluding carboxylic acids is 1. The Morgan fingerprint density at radius 1 is 1.26 bits per heavy atom. The molecule has 3 saturated carbocycles. The number of rotatable bonds is 2. The topological polar surface area (TPSA) is 29.1 Å². The van der Waals surface area contributed by atoms with Crippen molar-refractivity contribution < 1.29 is 4.79 Å².